The Morgan fingerprint density at radius 2 is 2.15 bits per heavy atom. The number of hydrogen-bond acceptors (Lipinski definition) is 8. The summed E-state index contributed by atoms with van der Waals surface area (Å²) in [5.74, 6) is 0.420. The Morgan fingerprint density at radius 3 is 2.77 bits per heavy atom. The van der Waals surface area contributed by atoms with Gasteiger partial charge in [0.25, 0.3) is 0 Å². The van der Waals surface area contributed by atoms with Crippen molar-refractivity contribution in [3.63, 3.8) is 0 Å². The van der Waals surface area contributed by atoms with Crippen molar-refractivity contribution in [2.24, 2.45) is 0 Å². The highest BCUT2D eigenvalue weighted by Crippen LogP contribution is 2.25. The number of aryl methyl sites for hydroxylation is 1. The van der Waals surface area contributed by atoms with Crippen molar-refractivity contribution in [1.29, 1.82) is 5.26 Å². The summed E-state index contributed by atoms with van der Waals surface area (Å²) in [6, 6.07) is 9.45. The minimum Gasteiger partial charge on any atom is -0.497 e. The number of hydrogen-bond donors (Lipinski definition) is 1. The van der Waals surface area contributed by atoms with Gasteiger partial charge in [-0.3, -0.25) is 9.89 Å². The molecular formula is C17H15N5O2S2. The first-order valence-electron chi connectivity index (χ1n) is 7.64. The summed E-state index contributed by atoms with van der Waals surface area (Å²) in [5.41, 5.74) is 1.67. The van der Waals surface area contributed by atoms with Gasteiger partial charge in [-0.25, -0.2) is 9.97 Å². The van der Waals surface area contributed by atoms with E-state index in [2.05, 4.69) is 20.2 Å². The Hall–Kier alpha value is -2.70. The predicted octanol–water partition coefficient (Wildman–Crippen LogP) is 3.21. The molecule has 0 bridgehead atoms. The molecule has 0 spiro atoms. The Kier molecular flexibility index (Phi) is 5.65. The summed E-state index contributed by atoms with van der Waals surface area (Å²) < 4.78 is 5.13. The summed E-state index contributed by atoms with van der Waals surface area (Å²) in [4.78, 5) is 21.0. The lowest BCUT2D eigenvalue weighted by molar-refractivity contribution is -0.116. The molecule has 3 rings (SSSR count). The smallest absolute Gasteiger partial charge is 0.209 e. The van der Waals surface area contributed by atoms with Crippen LogP contribution in [0.5, 0.6) is 5.75 Å². The first-order chi connectivity index (χ1) is 12.6. The molecule has 0 aliphatic rings. The van der Waals surface area contributed by atoms with E-state index < -0.39 is 5.92 Å². The highest BCUT2D eigenvalue weighted by atomic mass is 32.2. The Morgan fingerprint density at radius 1 is 1.38 bits per heavy atom. The highest BCUT2D eigenvalue weighted by molar-refractivity contribution is 7.99. The van der Waals surface area contributed by atoms with Crippen molar-refractivity contribution in [3.05, 3.63) is 40.3 Å². The van der Waals surface area contributed by atoms with Gasteiger partial charge in [0.2, 0.25) is 5.16 Å². The lowest BCUT2D eigenvalue weighted by Crippen LogP contribution is -2.13. The molecule has 3 aromatic rings. The van der Waals surface area contributed by atoms with Crippen molar-refractivity contribution in [3.8, 4) is 23.2 Å². The van der Waals surface area contributed by atoms with Crippen molar-refractivity contribution in [1.82, 2.24) is 20.2 Å². The molecule has 2 aromatic heterocycles. The second kappa shape index (κ2) is 8.12. The molecule has 0 fully saturated rings. The number of Topliss-reactive ketones (excluding diaryl/α,β-unsaturated/α-hetero) is 1. The molecule has 0 amide bonds. The van der Waals surface area contributed by atoms with Crippen molar-refractivity contribution in [2.45, 2.75) is 18.0 Å². The lowest BCUT2D eigenvalue weighted by atomic mass is 10.1. The number of carbonyl (C=O) groups is 1. The van der Waals surface area contributed by atoms with Gasteiger partial charge >= 0.3 is 0 Å². The van der Waals surface area contributed by atoms with Gasteiger partial charge in [0.1, 0.15) is 10.8 Å². The Balaban J connectivity index is 1.63. The number of benzene rings is 1. The van der Waals surface area contributed by atoms with Crippen LogP contribution in [0.1, 0.15) is 16.6 Å². The number of thioether (sulfide) groups is 1. The van der Waals surface area contributed by atoms with Crippen LogP contribution in [0.25, 0.3) is 11.4 Å². The van der Waals surface area contributed by atoms with Gasteiger partial charge in [0.15, 0.2) is 17.5 Å². The molecule has 0 saturated carbocycles. The number of rotatable bonds is 7. The van der Waals surface area contributed by atoms with Crippen LogP contribution in [0.3, 0.4) is 0 Å². The molecule has 0 radical (unpaired) electrons. The zero-order valence-corrected chi connectivity index (χ0v) is 15.7. The second-order valence-electron chi connectivity index (χ2n) is 5.34. The number of nitrogens with one attached hydrogen (secondary N) is 1. The third-order valence-corrected chi connectivity index (χ3v) is 5.40. The van der Waals surface area contributed by atoms with Gasteiger partial charge in [-0.1, -0.05) is 11.8 Å². The summed E-state index contributed by atoms with van der Waals surface area (Å²) in [5, 5.41) is 19.1. The van der Waals surface area contributed by atoms with E-state index in [9.17, 15) is 10.1 Å². The maximum Gasteiger partial charge on any atom is 0.209 e. The molecule has 1 N–H and O–H groups in total. The zero-order chi connectivity index (χ0) is 18.5. The number of methoxy groups -OCH3 is 1. The second-order valence-corrected chi connectivity index (χ2v) is 7.17. The number of aromatic amines is 1. The Labute approximate surface area is 158 Å². The fourth-order valence-corrected chi connectivity index (χ4v) is 3.74. The van der Waals surface area contributed by atoms with E-state index in [0.29, 0.717) is 16.0 Å². The van der Waals surface area contributed by atoms with Gasteiger partial charge in [-0.2, -0.15) is 5.26 Å². The molecule has 1 atom stereocenters. The first-order valence-corrected chi connectivity index (χ1v) is 9.51. The van der Waals surface area contributed by atoms with Crippen LogP contribution in [-0.2, 0) is 4.79 Å². The minimum absolute atomic E-state index is 0.108. The quantitative estimate of drug-likeness (QED) is 0.623. The van der Waals surface area contributed by atoms with Crippen LogP contribution in [0.15, 0.2) is 34.8 Å². The number of ketones is 1. The van der Waals surface area contributed by atoms with Crippen LogP contribution in [0, 0.1) is 18.3 Å². The molecule has 132 valence electrons. The monoisotopic (exact) mass is 385 g/mol. The minimum atomic E-state index is -0.846. The predicted molar refractivity (Wildman–Crippen MR) is 99.3 cm³/mol. The molecular weight excluding hydrogens is 370 g/mol. The number of thiazole rings is 1. The third-order valence-electron chi connectivity index (χ3n) is 3.51. The topological polar surface area (TPSA) is 105 Å². The fraction of sp³-hybridized carbons (Fsp3) is 0.235. The number of ether oxygens (including phenoxy) is 1. The summed E-state index contributed by atoms with van der Waals surface area (Å²) in [6.07, 6.45) is 0. The maximum absolute atomic E-state index is 12.3. The van der Waals surface area contributed by atoms with Gasteiger partial charge in [0, 0.05) is 16.6 Å². The normalized spacial score (nSPS) is 11.7. The van der Waals surface area contributed by atoms with E-state index in [1.165, 1.54) is 23.1 Å². The van der Waals surface area contributed by atoms with Crippen LogP contribution in [-0.4, -0.2) is 38.8 Å². The van der Waals surface area contributed by atoms with E-state index in [0.717, 1.165) is 17.0 Å². The highest BCUT2D eigenvalue weighted by Gasteiger charge is 2.23. The molecule has 9 heteroatoms. The molecule has 7 nitrogen and oxygen atoms in total. The number of carbonyl (C=O) groups excluding carboxylic acids is 1. The average molecular weight is 385 g/mol. The summed E-state index contributed by atoms with van der Waals surface area (Å²) in [7, 11) is 1.61. The standard InChI is InChI=1S/C17H15N5O2S2/c1-10-8-25-16(19-10)13(7-18)14(23)9-26-17-20-15(21-22-17)11-3-5-12(24-2)6-4-11/h3-6,8,13H,9H2,1-2H3,(H,20,21,22)/t13-/m0/s1. The lowest BCUT2D eigenvalue weighted by Gasteiger charge is -2.03. The Bertz CT molecular complexity index is 943. The third kappa shape index (κ3) is 4.09. The summed E-state index contributed by atoms with van der Waals surface area (Å²) >= 11 is 2.52. The molecule has 0 saturated heterocycles. The summed E-state index contributed by atoms with van der Waals surface area (Å²) in [6.45, 7) is 1.84. The zero-order valence-electron chi connectivity index (χ0n) is 14.1. The molecule has 1 aromatic carbocycles. The average Bonchev–Trinajstić information content (AvgIpc) is 3.30. The van der Waals surface area contributed by atoms with Crippen LogP contribution >= 0.6 is 23.1 Å². The molecule has 0 unspecified atom stereocenters. The van der Waals surface area contributed by atoms with E-state index in [1.807, 2.05) is 42.6 Å². The van der Waals surface area contributed by atoms with Gasteiger partial charge < -0.3 is 4.74 Å². The molecule has 26 heavy (non-hydrogen) atoms. The first kappa shape index (κ1) is 18.1. The molecule has 0 aliphatic heterocycles. The van der Waals surface area contributed by atoms with E-state index in [1.54, 1.807) is 7.11 Å². The molecule has 2 heterocycles. The number of nitrogens with zero attached hydrogens (tertiary/aromatic N) is 4. The van der Waals surface area contributed by atoms with Gasteiger partial charge in [-0.05, 0) is 31.2 Å². The number of aromatic nitrogens is 4. The number of H-pyrrole nitrogens is 1. The number of nitriles is 1. The van der Waals surface area contributed by atoms with Crippen molar-refractivity contribution < 1.29 is 9.53 Å². The molecule has 0 aliphatic carbocycles. The van der Waals surface area contributed by atoms with Gasteiger partial charge in [0.05, 0.1) is 18.9 Å². The van der Waals surface area contributed by atoms with Crippen molar-refractivity contribution in [2.75, 3.05) is 12.9 Å². The van der Waals surface area contributed by atoms with Crippen LogP contribution in [0.4, 0.5) is 0 Å². The maximum atomic E-state index is 12.3. The van der Waals surface area contributed by atoms with E-state index in [4.69, 9.17) is 4.74 Å². The largest absolute Gasteiger partial charge is 0.497 e. The van der Waals surface area contributed by atoms with E-state index in [-0.39, 0.29) is 11.5 Å². The van der Waals surface area contributed by atoms with Crippen LogP contribution in [0.2, 0.25) is 0 Å². The van der Waals surface area contributed by atoms with Crippen molar-refractivity contribution >= 4 is 28.9 Å². The van der Waals surface area contributed by atoms with Gasteiger partial charge in [-0.15, -0.1) is 16.4 Å². The fourth-order valence-electron chi connectivity index (χ4n) is 2.18. The van der Waals surface area contributed by atoms with E-state index >= 15 is 0 Å². The SMILES string of the molecule is COc1ccc(-c2nc(SCC(=O)[C@H](C#N)c3nc(C)cs3)n[nH]2)cc1. The van der Waals surface area contributed by atoms with Crippen LogP contribution < -0.4 is 4.74 Å².